The molecule has 70 heavy (non-hydrogen) atoms. The second kappa shape index (κ2) is 21.2. The molecule has 0 radical (unpaired) electrons. The van der Waals surface area contributed by atoms with Gasteiger partial charge in [0.25, 0.3) is 5.91 Å². The first-order valence-corrected chi connectivity index (χ1v) is 24.5. The summed E-state index contributed by atoms with van der Waals surface area (Å²) in [6.07, 6.45) is -2.11. The first-order valence-electron chi connectivity index (χ1n) is 23.2. The molecule has 1 aromatic heterocycles. The van der Waals surface area contributed by atoms with Crippen LogP contribution < -0.4 is 25.2 Å². The standard InChI is InChI=1S/C51H58F3N7O7S2/c1-30-43(70-29-57-30)34-13-11-31(12-14-34)24-56-45(64)41-22-38(62)25-59(41)46(65)44(49(2,3)4)58-42(63)28-67-26-32-7-9-33(10-8-32)27-68-39-19-17-36(18-20-39)61-48(69)60(47(66)50(61,5)6)37-16-15-35(23-55)40(21-37)51(52,53)54/h11-21,29,32-33,38,41,44,62H,7-10,22,24-28H2,1-6H3,(H,56,64)(H,58,63)/t32?,33?,38-,41+,44-/m1/s1. The molecule has 1 aliphatic carbocycles. The minimum Gasteiger partial charge on any atom is -0.493 e. The quantitative estimate of drug-likeness (QED) is 0.0986. The number of anilines is 2. The van der Waals surface area contributed by atoms with Crippen LogP contribution in [0.1, 0.15) is 89.1 Å². The number of thiocarbonyl (C=S) groups is 1. The largest absolute Gasteiger partial charge is 0.493 e. The molecule has 4 aromatic rings. The summed E-state index contributed by atoms with van der Waals surface area (Å²) in [5, 5.41) is 25.6. The summed E-state index contributed by atoms with van der Waals surface area (Å²) in [5.41, 5.74) is 1.49. The van der Waals surface area contributed by atoms with Crippen molar-refractivity contribution in [3.8, 4) is 22.3 Å². The Labute approximate surface area is 415 Å². The molecule has 3 aliphatic rings. The van der Waals surface area contributed by atoms with E-state index in [9.17, 15) is 42.7 Å². The lowest BCUT2D eigenvalue weighted by Gasteiger charge is -2.35. The van der Waals surface area contributed by atoms with Gasteiger partial charge in [-0.3, -0.25) is 24.1 Å². The highest BCUT2D eigenvalue weighted by molar-refractivity contribution is 7.81. The van der Waals surface area contributed by atoms with Gasteiger partial charge in [0.15, 0.2) is 5.11 Å². The lowest BCUT2D eigenvalue weighted by atomic mass is 9.83. The second-order valence-corrected chi connectivity index (χ2v) is 21.0. The van der Waals surface area contributed by atoms with Crippen LogP contribution in [0.15, 0.2) is 72.2 Å². The van der Waals surface area contributed by atoms with E-state index in [1.807, 2.05) is 52.0 Å². The third kappa shape index (κ3) is 11.6. The number of carbonyl (C=O) groups excluding carboxylic acids is 4. The minimum absolute atomic E-state index is 0.000234. The van der Waals surface area contributed by atoms with Gasteiger partial charge in [-0.05, 0) is 130 Å². The highest BCUT2D eigenvalue weighted by Crippen LogP contribution is 2.40. The summed E-state index contributed by atoms with van der Waals surface area (Å²) in [4.78, 5) is 63.8. The van der Waals surface area contributed by atoms with Crippen molar-refractivity contribution in [3.05, 3.63) is 94.6 Å². The number of hydrogen-bond acceptors (Lipinski definition) is 11. The van der Waals surface area contributed by atoms with Crippen LogP contribution in [0.4, 0.5) is 24.5 Å². The van der Waals surface area contributed by atoms with E-state index in [0.717, 1.165) is 64.4 Å². The number of aryl methyl sites for hydroxylation is 1. The van der Waals surface area contributed by atoms with Gasteiger partial charge < -0.3 is 35.0 Å². The summed E-state index contributed by atoms with van der Waals surface area (Å²) in [5.74, 6) is -0.695. The van der Waals surface area contributed by atoms with Crippen molar-refractivity contribution in [1.29, 1.82) is 5.26 Å². The lowest BCUT2D eigenvalue weighted by molar-refractivity contribution is -0.144. The highest BCUT2D eigenvalue weighted by atomic mass is 32.1. The van der Waals surface area contributed by atoms with Crippen molar-refractivity contribution >= 4 is 63.7 Å². The molecule has 3 fully saturated rings. The maximum Gasteiger partial charge on any atom is 0.417 e. The summed E-state index contributed by atoms with van der Waals surface area (Å²) in [6.45, 7) is 11.5. The van der Waals surface area contributed by atoms with E-state index in [1.54, 1.807) is 65.9 Å². The molecule has 3 heterocycles. The number of nitriles is 1. The molecule has 3 aromatic carbocycles. The van der Waals surface area contributed by atoms with Crippen LogP contribution in [0.25, 0.3) is 10.4 Å². The zero-order valence-electron chi connectivity index (χ0n) is 40.0. The molecule has 1 saturated carbocycles. The van der Waals surface area contributed by atoms with E-state index in [-0.39, 0.29) is 54.7 Å². The average molecular weight is 1000 g/mol. The Hall–Kier alpha value is -5.94. The Morgan fingerprint density at radius 1 is 0.986 bits per heavy atom. The van der Waals surface area contributed by atoms with Gasteiger partial charge in [-0.2, -0.15) is 18.4 Å². The van der Waals surface area contributed by atoms with Crippen molar-refractivity contribution in [2.75, 3.05) is 36.2 Å². The lowest BCUT2D eigenvalue weighted by Crippen LogP contribution is -2.58. The number of rotatable bonds is 15. The van der Waals surface area contributed by atoms with Crippen LogP contribution in [0.3, 0.4) is 0 Å². The number of carbonyl (C=O) groups is 4. The number of nitrogens with zero attached hydrogens (tertiary/aromatic N) is 5. The molecule has 4 amide bonds. The van der Waals surface area contributed by atoms with Crippen molar-refractivity contribution in [2.24, 2.45) is 17.3 Å². The van der Waals surface area contributed by atoms with E-state index in [2.05, 4.69) is 15.6 Å². The first-order chi connectivity index (χ1) is 33.1. The van der Waals surface area contributed by atoms with Crippen molar-refractivity contribution < 1.29 is 46.9 Å². The van der Waals surface area contributed by atoms with Gasteiger partial charge in [-0.15, -0.1) is 11.3 Å². The predicted octanol–water partition coefficient (Wildman–Crippen LogP) is 7.94. The number of ether oxygens (including phenoxy) is 2. The number of benzene rings is 3. The third-order valence-corrected chi connectivity index (χ3v) is 14.5. The van der Waals surface area contributed by atoms with Gasteiger partial charge in [0, 0.05) is 25.2 Å². The van der Waals surface area contributed by atoms with Gasteiger partial charge >= 0.3 is 6.18 Å². The van der Waals surface area contributed by atoms with Crippen LogP contribution in [0.2, 0.25) is 0 Å². The van der Waals surface area contributed by atoms with E-state index >= 15 is 0 Å². The Bertz CT molecular complexity index is 2620. The fourth-order valence-electron chi connectivity index (χ4n) is 9.23. The zero-order chi connectivity index (χ0) is 50.7. The smallest absolute Gasteiger partial charge is 0.417 e. The summed E-state index contributed by atoms with van der Waals surface area (Å²) in [7, 11) is 0. The fourth-order valence-corrected chi connectivity index (χ4v) is 10.6. The topological polar surface area (TPSA) is 177 Å². The Kier molecular flexibility index (Phi) is 15.7. The number of halogens is 3. The molecule has 3 N–H and O–H groups in total. The predicted molar refractivity (Wildman–Crippen MR) is 263 cm³/mol. The zero-order valence-corrected chi connectivity index (χ0v) is 41.6. The van der Waals surface area contributed by atoms with E-state index in [1.165, 1.54) is 11.0 Å². The number of aliphatic hydroxyl groups is 1. The molecule has 3 atom stereocenters. The monoisotopic (exact) mass is 1000 g/mol. The number of nitrogens with one attached hydrogen (secondary N) is 2. The van der Waals surface area contributed by atoms with Crippen LogP contribution in [0, 0.1) is 35.5 Å². The number of likely N-dealkylation sites (tertiary alicyclic amines) is 1. The number of thiazole rings is 1. The number of β-amino-alcohol motifs (C(OH)–C–C–N with tert-alkyl or cyclic N) is 1. The van der Waals surface area contributed by atoms with Crippen LogP contribution in [-0.4, -0.2) is 93.8 Å². The normalized spacial score (nSPS) is 20.8. The maximum absolute atomic E-state index is 14.1. The summed E-state index contributed by atoms with van der Waals surface area (Å²) in [6, 6.07) is 17.6. The number of aliphatic hydroxyl groups excluding tert-OH is 1. The molecule has 0 spiro atoms. The van der Waals surface area contributed by atoms with Gasteiger partial charge in [0.2, 0.25) is 17.7 Å². The van der Waals surface area contributed by atoms with Crippen molar-refractivity contribution in [2.45, 2.75) is 110 Å². The molecule has 19 heteroatoms. The van der Waals surface area contributed by atoms with E-state index in [0.29, 0.717) is 24.7 Å². The van der Waals surface area contributed by atoms with Crippen LogP contribution in [-0.2, 0) is 36.6 Å². The molecule has 2 aliphatic heterocycles. The van der Waals surface area contributed by atoms with E-state index in [4.69, 9.17) is 21.7 Å². The summed E-state index contributed by atoms with van der Waals surface area (Å²) >= 11 is 7.22. The van der Waals surface area contributed by atoms with Crippen LogP contribution >= 0.6 is 23.6 Å². The number of alkyl halides is 3. The Morgan fingerprint density at radius 3 is 2.23 bits per heavy atom. The third-order valence-electron chi connectivity index (χ3n) is 13.2. The van der Waals surface area contributed by atoms with E-state index < -0.39 is 64.2 Å². The number of amides is 4. The molecule has 372 valence electrons. The molecule has 0 unspecified atom stereocenters. The van der Waals surface area contributed by atoms with Gasteiger partial charge in [0.05, 0.1) is 58.3 Å². The average Bonchev–Trinajstić information content (AvgIpc) is 3.98. The van der Waals surface area contributed by atoms with Crippen molar-refractivity contribution in [3.63, 3.8) is 0 Å². The molecule has 7 rings (SSSR count). The molecule has 2 saturated heterocycles. The first kappa shape index (κ1) is 51.9. The maximum atomic E-state index is 14.1. The van der Waals surface area contributed by atoms with Gasteiger partial charge in [-0.25, -0.2) is 4.98 Å². The van der Waals surface area contributed by atoms with Crippen molar-refractivity contribution in [1.82, 2.24) is 20.5 Å². The molecule has 14 nitrogen and oxygen atoms in total. The Morgan fingerprint density at radius 2 is 1.63 bits per heavy atom. The number of hydrogen-bond donors (Lipinski definition) is 3. The second-order valence-electron chi connectivity index (χ2n) is 19.8. The molecule has 0 bridgehead atoms. The molecular formula is C51H58F3N7O7S2. The fraction of sp³-hybridized carbons (Fsp3) is 0.471. The van der Waals surface area contributed by atoms with Gasteiger partial charge in [-0.1, -0.05) is 45.0 Å². The minimum atomic E-state index is -4.80. The highest BCUT2D eigenvalue weighted by Gasteiger charge is 2.51. The van der Waals surface area contributed by atoms with Crippen LogP contribution in [0.5, 0.6) is 5.75 Å². The van der Waals surface area contributed by atoms with Gasteiger partial charge in [0.1, 0.15) is 30.0 Å². The summed E-state index contributed by atoms with van der Waals surface area (Å²) < 4.78 is 53.3. The Balaban J connectivity index is 0.846. The molecular weight excluding hydrogens is 944 g/mol. The number of aromatic nitrogens is 1. The SMILES string of the molecule is Cc1ncsc1-c1ccc(CNC(=O)[C@@H]2C[C@@H](O)CN2C(=O)[C@@H](NC(=O)COCC2CCC(COc3ccc(N4C(=S)N(c5ccc(C#N)c(C(F)(F)F)c5)C(=O)C4(C)C)cc3)CC2)C(C)(C)C)cc1.